The zero-order valence-electron chi connectivity index (χ0n) is 14.6. The van der Waals surface area contributed by atoms with Gasteiger partial charge in [0.25, 0.3) is 0 Å². The number of aliphatic imine (C=N–C) groups is 1. The molecule has 0 spiro atoms. The van der Waals surface area contributed by atoms with Crippen molar-refractivity contribution in [2.45, 2.75) is 13.1 Å². The number of nitrogens with zero attached hydrogens (tertiary/aromatic N) is 3. The zero-order valence-corrected chi connectivity index (χ0v) is 14.6. The summed E-state index contributed by atoms with van der Waals surface area (Å²) in [5.41, 5.74) is 2.43. The van der Waals surface area contributed by atoms with E-state index in [0.29, 0.717) is 24.6 Å². The highest BCUT2D eigenvalue weighted by Gasteiger charge is 2.09. The lowest BCUT2D eigenvalue weighted by Crippen LogP contribution is -2.38. The fraction of sp³-hybridized carbons (Fsp3) is 0.263. The summed E-state index contributed by atoms with van der Waals surface area (Å²) in [5.74, 6) is 0.523. The second-order valence-electron chi connectivity index (χ2n) is 5.54. The van der Waals surface area contributed by atoms with E-state index in [1.165, 1.54) is 13.2 Å². The molecule has 0 saturated heterocycles. The average Bonchev–Trinajstić information content (AvgIpc) is 2.62. The predicted molar refractivity (Wildman–Crippen MR) is 95.8 cm³/mol. The van der Waals surface area contributed by atoms with E-state index in [1.54, 1.807) is 19.2 Å². The van der Waals surface area contributed by atoms with Gasteiger partial charge in [-0.15, -0.1) is 0 Å². The van der Waals surface area contributed by atoms with Crippen LogP contribution in [0.25, 0.3) is 0 Å². The molecule has 6 heteroatoms. The van der Waals surface area contributed by atoms with Crippen molar-refractivity contribution in [1.82, 2.24) is 10.2 Å². The summed E-state index contributed by atoms with van der Waals surface area (Å²) in [5, 5.41) is 12.2. The topological polar surface area (TPSA) is 60.7 Å². The van der Waals surface area contributed by atoms with Gasteiger partial charge in [-0.1, -0.05) is 18.2 Å². The number of benzene rings is 2. The summed E-state index contributed by atoms with van der Waals surface area (Å²) in [6.07, 6.45) is 0. The second kappa shape index (κ2) is 8.69. The first kappa shape index (κ1) is 18.3. The first-order valence-corrected chi connectivity index (χ1v) is 7.80. The van der Waals surface area contributed by atoms with Gasteiger partial charge in [0, 0.05) is 27.2 Å². The Hall–Kier alpha value is -3.07. The van der Waals surface area contributed by atoms with E-state index in [4.69, 9.17) is 10.00 Å². The van der Waals surface area contributed by atoms with Gasteiger partial charge < -0.3 is 15.0 Å². The molecule has 0 fully saturated rings. The Morgan fingerprint density at radius 2 is 2.08 bits per heavy atom. The van der Waals surface area contributed by atoms with E-state index < -0.39 is 0 Å². The third kappa shape index (κ3) is 4.95. The molecule has 0 bridgehead atoms. The maximum Gasteiger partial charge on any atom is 0.193 e. The minimum Gasteiger partial charge on any atom is -0.494 e. The number of methoxy groups -OCH3 is 1. The van der Waals surface area contributed by atoms with Gasteiger partial charge in [0.15, 0.2) is 17.5 Å². The molecule has 0 saturated carbocycles. The Balaban J connectivity index is 2.00. The van der Waals surface area contributed by atoms with Crippen LogP contribution in [0.3, 0.4) is 0 Å². The first-order chi connectivity index (χ1) is 12.1. The van der Waals surface area contributed by atoms with Crippen molar-refractivity contribution < 1.29 is 9.13 Å². The molecular weight excluding hydrogens is 319 g/mol. The summed E-state index contributed by atoms with van der Waals surface area (Å²) in [6, 6.07) is 14.4. The lowest BCUT2D eigenvalue weighted by Gasteiger charge is -2.22. The fourth-order valence-corrected chi connectivity index (χ4v) is 2.47. The summed E-state index contributed by atoms with van der Waals surface area (Å²) < 4.78 is 18.7. The van der Waals surface area contributed by atoms with Crippen LogP contribution in [0.2, 0.25) is 0 Å². The van der Waals surface area contributed by atoms with Crippen LogP contribution in [0.5, 0.6) is 5.75 Å². The van der Waals surface area contributed by atoms with Crippen molar-refractivity contribution in [3.8, 4) is 11.8 Å². The Morgan fingerprint density at radius 3 is 2.72 bits per heavy atom. The minimum atomic E-state index is -0.385. The van der Waals surface area contributed by atoms with E-state index in [-0.39, 0.29) is 11.6 Å². The van der Waals surface area contributed by atoms with Crippen LogP contribution in [-0.4, -0.2) is 32.1 Å². The molecule has 0 heterocycles. The lowest BCUT2D eigenvalue weighted by molar-refractivity contribution is 0.385. The van der Waals surface area contributed by atoms with Gasteiger partial charge in [-0.05, 0) is 35.4 Å². The maximum atomic E-state index is 13.8. The molecule has 130 valence electrons. The molecule has 0 aromatic heterocycles. The summed E-state index contributed by atoms with van der Waals surface area (Å²) in [7, 11) is 5.01. The highest BCUT2D eigenvalue weighted by molar-refractivity contribution is 5.79. The summed E-state index contributed by atoms with van der Waals surface area (Å²) in [4.78, 5) is 6.14. The smallest absolute Gasteiger partial charge is 0.193 e. The fourth-order valence-electron chi connectivity index (χ4n) is 2.47. The number of nitrogens with one attached hydrogen (secondary N) is 1. The summed E-state index contributed by atoms with van der Waals surface area (Å²) >= 11 is 0. The van der Waals surface area contributed by atoms with Crippen LogP contribution < -0.4 is 10.1 Å². The summed E-state index contributed by atoms with van der Waals surface area (Å²) in [6.45, 7) is 1.04. The Bertz CT molecular complexity index is 798. The van der Waals surface area contributed by atoms with Crippen LogP contribution in [0, 0.1) is 17.1 Å². The van der Waals surface area contributed by atoms with Gasteiger partial charge in [0.2, 0.25) is 0 Å². The normalized spacial score (nSPS) is 10.9. The maximum absolute atomic E-state index is 13.8. The Kier molecular flexibility index (Phi) is 6.35. The first-order valence-electron chi connectivity index (χ1n) is 7.80. The Labute approximate surface area is 147 Å². The number of ether oxygens (including phenoxy) is 1. The SMILES string of the molecule is CN=C(NCc1cccc(C#N)c1)N(C)Cc1ccc(OC)c(F)c1. The lowest BCUT2D eigenvalue weighted by atomic mass is 10.1. The molecule has 2 rings (SSSR count). The quantitative estimate of drug-likeness (QED) is 0.671. The molecule has 2 aromatic carbocycles. The van der Waals surface area contributed by atoms with Crippen LogP contribution in [-0.2, 0) is 13.1 Å². The third-order valence-electron chi connectivity index (χ3n) is 3.72. The third-order valence-corrected chi connectivity index (χ3v) is 3.72. The molecule has 0 unspecified atom stereocenters. The molecule has 2 aromatic rings. The number of hydrogen-bond donors (Lipinski definition) is 1. The van der Waals surface area contributed by atoms with Crippen LogP contribution in [0.4, 0.5) is 4.39 Å². The average molecular weight is 340 g/mol. The van der Waals surface area contributed by atoms with Gasteiger partial charge in [0.05, 0.1) is 18.7 Å². The molecule has 0 aliphatic rings. The van der Waals surface area contributed by atoms with Crippen LogP contribution >= 0.6 is 0 Å². The van der Waals surface area contributed by atoms with Crippen molar-refractivity contribution in [2.24, 2.45) is 4.99 Å². The molecular formula is C19H21FN4O. The van der Waals surface area contributed by atoms with Crippen molar-refractivity contribution in [3.63, 3.8) is 0 Å². The molecule has 1 N–H and O–H groups in total. The van der Waals surface area contributed by atoms with Gasteiger partial charge in [-0.25, -0.2) is 4.39 Å². The molecule has 5 nitrogen and oxygen atoms in total. The largest absolute Gasteiger partial charge is 0.494 e. The van der Waals surface area contributed by atoms with Crippen LogP contribution in [0.15, 0.2) is 47.5 Å². The molecule has 0 atom stereocenters. The highest BCUT2D eigenvalue weighted by Crippen LogP contribution is 2.18. The molecule has 0 aliphatic carbocycles. The number of halogens is 1. The van der Waals surface area contributed by atoms with E-state index in [0.717, 1.165) is 11.1 Å². The number of nitriles is 1. The van der Waals surface area contributed by atoms with Crippen molar-refractivity contribution in [1.29, 1.82) is 5.26 Å². The molecule has 0 radical (unpaired) electrons. The molecule has 25 heavy (non-hydrogen) atoms. The van der Waals surface area contributed by atoms with E-state index >= 15 is 0 Å². The van der Waals surface area contributed by atoms with Gasteiger partial charge in [-0.3, -0.25) is 4.99 Å². The van der Waals surface area contributed by atoms with E-state index in [2.05, 4.69) is 16.4 Å². The van der Waals surface area contributed by atoms with E-state index in [1.807, 2.05) is 36.2 Å². The highest BCUT2D eigenvalue weighted by atomic mass is 19.1. The van der Waals surface area contributed by atoms with Crippen molar-refractivity contribution in [2.75, 3.05) is 21.2 Å². The van der Waals surface area contributed by atoms with Gasteiger partial charge in [0.1, 0.15) is 0 Å². The monoisotopic (exact) mass is 340 g/mol. The van der Waals surface area contributed by atoms with Gasteiger partial charge in [-0.2, -0.15) is 5.26 Å². The number of hydrogen-bond acceptors (Lipinski definition) is 3. The standard InChI is InChI=1S/C19H21FN4O/c1-22-19(23-12-15-6-4-5-14(9-15)11-21)24(2)13-16-7-8-18(25-3)17(20)10-16/h4-10H,12-13H2,1-3H3,(H,22,23). The predicted octanol–water partition coefficient (Wildman–Crippen LogP) is 2.91. The zero-order chi connectivity index (χ0) is 18.2. The minimum absolute atomic E-state index is 0.228. The number of guanidine groups is 1. The molecule has 0 aliphatic heterocycles. The second-order valence-corrected chi connectivity index (χ2v) is 5.54. The Morgan fingerprint density at radius 1 is 1.28 bits per heavy atom. The molecule has 0 amide bonds. The van der Waals surface area contributed by atoms with Crippen molar-refractivity contribution in [3.05, 3.63) is 65.0 Å². The van der Waals surface area contributed by atoms with E-state index in [9.17, 15) is 4.39 Å². The van der Waals surface area contributed by atoms with Gasteiger partial charge >= 0.3 is 0 Å². The number of rotatable bonds is 5. The van der Waals surface area contributed by atoms with Crippen molar-refractivity contribution >= 4 is 5.96 Å². The van der Waals surface area contributed by atoms with Crippen LogP contribution in [0.1, 0.15) is 16.7 Å².